The molecule has 0 aromatic heterocycles. The van der Waals surface area contributed by atoms with Crippen molar-refractivity contribution in [2.45, 2.75) is 37.5 Å². The second-order valence-corrected chi connectivity index (χ2v) is 5.39. The quantitative estimate of drug-likeness (QED) is 0.911. The van der Waals surface area contributed by atoms with Crippen LogP contribution in [0.1, 0.15) is 37.7 Å². The Morgan fingerprint density at radius 2 is 2.00 bits per heavy atom. The van der Waals surface area contributed by atoms with E-state index in [1.54, 1.807) is 12.1 Å². The molecule has 0 atom stereocenters. The molecule has 1 saturated carbocycles. The minimum atomic E-state index is -0.350. The average molecular weight is 272 g/mol. The Balaban J connectivity index is 2.53. The van der Waals surface area contributed by atoms with Crippen LogP contribution in [0.15, 0.2) is 12.1 Å². The van der Waals surface area contributed by atoms with Gasteiger partial charge in [-0.15, -0.1) is 0 Å². The highest BCUT2D eigenvalue weighted by Crippen LogP contribution is 2.44. The Hall–Kier alpha value is -0.800. The Morgan fingerprint density at radius 3 is 2.56 bits per heavy atom. The van der Waals surface area contributed by atoms with E-state index in [-0.39, 0.29) is 17.0 Å². The van der Waals surface area contributed by atoms with Crippen LogP contribution >= 0.6 is 11.6 Å². The third-order valence-corrected chi connectivity index (χ3v) is 4.32. The van der Waals surface area contributed by atoms with E-state index in [1.165, 1.54) is 13.5 Å². The molecule has 1 aromatic carbocycles. The molecule has 100 valence electrons. The van der Waals surface area contributed by atoms with Crippen molar-refractivity contribution >= 4 is 11.6 Å². The molecule has 2 rings (SSSR count). The van der Waals surface area contributed by atoms with Gasteiger partial charge in [-0.25, -0.2) is 4.39 Å². The van der Waals surface area contributed by atoms with Gasteiger partial charge >= 0.3 is 0 Å². The molecular formula is C14H19ClFNO. The fraction of sp³-hybridized carbons (Fsp3) is 0.571. The van der Waals surface area contributed by atoms with Gasteiger partial charge in [0.05, 0.1) is 7.11 Å². The van der Waals surface area contributed by atoms with Gasteiger partial charge in [0.15, 0.2) is 11.6 Å². The van der Waals surface area contributed by atoms with Crippen molar-refractivity contribution in [1.29, 1.82) is 0 Å². The molecule has 0 spiro atoms. The molecule has 1 aliphatic carbocycles. The molecule has 0 amide bonds. The van der Waals surface area contributed by atoms with Gasteiger partial charge in [-0.3, -0.25) is 0 Å². The number of benzene rings is 1. The molecule has 0 heterocycles. The number of ether oxygens (including phenoxy) is 1. The van der Waals surface area contributed by atoms with Crippen molar-refractivity contribution in [3.05, 3.63) is 28.5 Å². The van der Waals surface area contributed by atoms with Crippen LogP contribution < -0.4 is 10.5 Å². The molecule has 1 aromatic rings. The standard InChI is InChI=1S/C14H19ClFNO/c1-18-11-6-5-10(15)12(13(11)16)14(9-17)7-3-2-4-8-14/h5-6H,2-4,7-9,17H2,1H3. The van der Waals surface area contributed by atoms with Crippen LogP contribution in [0.25, 0.3) is 0 Å². The van der Waals surface area contributed by atoms with Crippen LogP contribution in [0.4, 0.5) is 4.39 Å². The summed E-state index contributed by atoms with van der Waals surface area (Å²) in [5.41, 5.74) is 6.15. The molecule has 0 bridgehead atoms. The monoisotopic (exact) mass is 271 g/mol. The van der Waals surface area contributed by atoms with Crippen molar-refractivity contribution in [1.82, 2.24) is 0 Å². The lowest BCUT2D eigenvalue weighted by Gasteiger charge is -2.37. The lowest BCUT2D eigenvalue weighted by atomic mass is 9.69. The summed E-state index contributed by atoms with van der Waals surface area (Å²) in [5.74, 6) is -0.106. The third-order valence-electron chi connectivity index (χ3n) is 4.01. The minimum absolute atomic E-state index is 0.243. The van der Waals surface area contributed by atoms with Gasteiger partial charge in [0.1, 0.15) is 0 Å². The van der Waals surface area contributed by atoms with E-state index in [9.17, 15) is 4.39 Å². The average Bonchev–Trinajstić information content (AvgIpc) is 2.40. The second-order valence-electron chi connectivity index (χ2n) is 4.98. The van der Waals surface area contributed by atoms with E-state index >= 15 is 0 Å². The summed E-state index contributed by atoms with van der Waals surface area (Å²) in [6, 6.07) is 3.26. The number of methoxy groups -OCH3 is 1. The van der Waals surface area contributed by atoms with Gasteiger partial charge in [-0.05, 0) is 25.0 Å². The summed E-state index contributed by atoms with van der Waals surface area (Å²) < 4.78 is 19.5. The predicted molar refractivity (Wildman–Crippen MR) is 71.8 cm³/mol. The van der Waals surface area contributed by atoms with E-state index in [0.29, 0.717) is 17.1 Å². The zero-order valence-corrected chi connectivity index (χ0v) is 11.4. The zero-order valence-electron chi connectivity index (χ0n) is 10.6. The van der Waals surface area contributed by atoms with E-state index in [4.69, 9.17) is 22.1 Å². The van der Waals surface area contributed by atoms with Gasteiger partial charge in [-0.1, -0.05) is 30.9 Å². The normalized spacial score (nSPS) is 18.7. The van der Waals surface area contributed by atoms with Crippen molar-refractivity contribution in [2.24, 2.45) is 5.73 Å². The van der Waals surface area contributed by atoms with E-state index in [0.717, 1.165) is 25.7 Å². The van der Waals surface area contributed by atoms with Crippen molar-refractivity contribution in [2.75, 3.05) is 13.7 Å². The van der Waals surface area contributed by atoms with Gasteiger partial charge in [-0.2, -0.15) is 0 Å². The Morgan fingerprint density at radius 1 is 1.33 bits per heavy atom. The second kappa shape index (κ2) is 5.45. The molecule has 0 aliphatic heterocycles. The highest BCUT2D eigenvalue weighted by molar-refractivity contribution is 6.31. The van der Waals surface area contributed by atoms with Gasteiger partial charge in [0, 0.05) is 22.5 Å². The van der Waals surface area contributed by atoms with Crippen LogP contribution in [-0.2, 0) is 5.41 Å². The Bertz CT molecular complexity index is 430. The summed E-state index contributed by atoms with van der Waals surface area (Å²) in [5, 5.41) is 0.459. The number of hydrogen-bond donors (Lipinski definition) is 1. The van der Waals surface area contributed by atoms with Crippen LogP contribution in [0.2, 0.25) is 5.02 Å². The largest absolute Gasteiger partial charge is 0.494 e. The number of nitrogens with two attached hydrogens (primary N) is 1. The highest BCUT2D eigenvalue weighted by atomic mass is 35.5. The SMILES string of the molecule is COc1ccc(Cl)c(C2(CN)CCCCC2)c1F. The molecule has 4 heteroatoms. The maximum atomic E-state index is 14.5. The Labute approximate surface area is 112 Å². The van der Waals surface area contributed by atoms with Crippen LogP contribution in [-0.4, -0.2) is 13.7 Å². The fourth-order valence-electron chi connectivity index (χ4n) is 2.96. The van der Waals surface area contributed by atoms with Crippen molar-refractivity contribution in [3.63, 3.8) is 0 Å². The summed E-state index contributed by atoms with van der Waals surface area (Å²) in [6.07, 6.45) is 5.12. The molecule has 1 aliphatic rings. The Kier molecular flexibility index (Phi) is 4.13. The first kappa shape index (κ1) is 13.6. The molecule has 18 heavy (non-hydrogen) atoms. The molecule has 1 fully saturated rings. The molecule has 0 unspecified atom stereocenters. The number of hydrogen-bond acceptors (Lipinski definition) is 2. The maximum Gasteiger partial charge on any atom is 0.170 e. The first-order chi connectivity index (χ1) is 8.64. The summed E-state index contributed by atoms with van der Waals surface area (Å²) >= 11 is 6.21. The topological polar surface area (TPSA) is 35.2 Å². The van der Waals surface area contributed by atoms with Crippen molar-refractivity contribution in [3.8, 4) is 5.75 Å². The predicted octanol–water partition coefficient (Wildman–Crippen LogP) is 3.65. The molecule has 2 nitrogen and oxygen atoms in total. The molecule has 0 saturated heterocycles. The first-order valence-corrected chi connectivity index (χ1v) is 6.75. The lowest BCUT2D eigenvalue weighted by Crippen LogP contribution is -2.38. The minimum Gasteiger partial charge on any atom is -0.494 e. The van der Waals surface area contributed by atoms with E-state index in [2.05, 4.69) is 0 Å². The van der Waals surface area contributed by atoms with Gasteiger partial charge in [0.25, 0.3) is 0 Å². The fourth-order valence-corrected chi connectivity index (χ4v) is 3.31. The zero-order chi connectivity index (χ0) is 13.2. The van der Waals surface area contributed by atoms with Crippen molar-refractivity contribution < 1.29 is 9.13 Å². The molecule has 0 radical (unpaired) electrons. The third kappa shape index (κ3) is 2.21. The van der Waals surface area contributed by atoms with E-state index in [1.807, 2.05) is 0 Å². The molecular weight excluding hydrogens is 253 g/mol. The van der Waals surface area contributed by atoms with E-state index < -0.39 is 0 Å². The van der Waals surface area contributed by atoms with Crippen LogP contribution in [0.3, 0.4) is 0 Å². The number of rotatable bonds is 3. The van der Waals surface area contributed by atoms with Crippen LogP contribution in [0, 0.1) is 5.82 Å². The van der Waals surface area contributed by atoms with Gasteiger partial charge in [0.2, 0.25) is 0 Å². The number of halogens is 2. The summed E-state index contributed by atoms with van der Waals surface area (Å²) in [4.78, 5) is 0. The van der Waals surface area contributed by atoms with Crippen LogP contribution in [0.5, 0.6) is 5.75 Å². The summed E-state index contributed by atoms with van der Waals surface area (Å²) in [7, 11) is 1.46. The van der Waals surface area contributed by atoms with Gasteiger partial charge < -0.3 is 10.5 Å². The first-order valence-electron chi connectivity index (χ1n) is 6.37. The summed E-state index contributed by atoms with van der Waals surface area (Å²) in [6.45, 7) is 0.427. The highest BCUT2D eigenvalue weighted by Gasteiger charge is 2.37. The lowest BCUT2D eigenvalue weighted by molar-refractivity contribution is 0.286. The molecule has 2 N–H and O–H groups in total. The smallest absolute Gasteiger partial charge is 0.170 e. The maximum absolute atomic E-state index is 14.5.